The van der Waals surface area contributed by atoms with Gasteiger partial charge in [0.15, 0.2) is 5.82 Å². The summed E-state index contributed by atoms with van der Waals surface area (Å²) >= 11 is 0. The highest BCUT2D eigenvalue weighted by atomic mass is 16.3. The predicted octanol–water partition coefficient (Wildman–Crippen LogP) is 2.11. The lowest BCUT2D eigenvalue weighted by Gasteiger charge is -2.22. The van der Waals surface area contributed by atoms with Gasteiger partial charge in [0.2, 0.25) is 0 Å². The Bertz CT molecular complexity index is 475. The molecular weight excluding hydrogens is 254 g/mol. The van der Waals surface area contributed by atoms with Crippen LogP contribution in [-0.2, 0) is 6.54 Å². The molecule has 2 N–H and O–H groups in total. The zero-order valence-electron chi connectivity index (χ0n) is 13.2. The molecule has 0 aliphatic rings. The van der Waals surface area contributed by atoms with Gasteiger partial charge >= 0.3 is 0 Å². The van der Waals surface area contributed by atoms with Crippen LogP contribution < -0.4 is 10.9 Å². The summed E-state index contributed by atoms with van der Waals surface area (Å²) in [7, 11) is 0. The van der Waals surface area contributed by atoms with E-state index >= 15 is 0 Å². The Balaban J connectivity index is 2.67. The van der Waals surface area contributed by atoms with Crippen molar-refractivity contribution in [2.24, 2.45) is 11.3 Å². The maximum Gasteiger partial charge on any atom is 0.293 e. The molecule has 5 nitrogen and oxygen atoms in total. The minimum atomic E-state index is -0.491. The molecule has 0 aromatic carbocycles. The number of nitrogens with one attached hydrogen (secondary N) is 1. The van der Waals surface area contributed by atoms with Gasteiger partial charge in [-0.15, -0.1) is 0 Å². The van der Waals surface area contributed by atoms with Crippen LogP contribution in [0.4, 0.5) is 5.82 Å². The van der Waals surface area contributed by atoms with E-state index in [1.54, 1.807) is 17.0 Å². The molecule has 5 heteroatoms. The van der Waals surface area contributed by atoms with Gasteiger partial charge in [-0.05, 0) is 17.8 Å². The molecule has 1 atom stereocenters. The fraction of sp³-hybridized carbons (Fsp3) is 0.733. The minimum Gasteiger partial charge on any atom is -0.391 e. The molecule has 1 aromatic rings. The highest BCUT2D eigenvalue weighted by Crippen LogP contribution is 2.20. The number of rotatable bonds is 6. The molecule has 0 bridgehead atoms. The molecular formula is C15H27N3O2. The van der Waals surface area contributed by atoms with Crippen molar-refractivity contribution in [2.45, 2.75) is 53.7 Å². The molecule has 0 aliphatic carbocycles. The molecule has 0 aliphatic heterocycles. The van der Waals surface area contributed by atoms with Crippen molar-refractivity contribution < 1.29 is 5.11 Å². The first-order valence-electron chi connectivity index (χ1n) is 7.16. The van der Waals surface area contributed by atoms with Crippen LogP contribution in [-0.4, -0.2) is 27.3 Å². The third-order valence-electron chi connectivity index (χ3n) is 2.83. The molecule has 1 heterocycles. The molecule has 1 aromatic heterocycles. The summed E-state index contributed by atoms with van der Waals surface area (Å²) in [6.07, 6.45) is 3.49. The first-order valence-corrected chi connectivity index (χ1v) is 7.16. The van der Waals surface area contributed by atoms with Crippen LogP contribution in [0.3, 0.4) is 0 Å². The first-order chi connectivity index (χ1) is 9.19. The number of nitrogens with zero attached hydrogens (tertiary/aromatic N) is 2. The van der Waals surface area contributed by atoms with E-state index in [0.29, 0.717) is 31.2 Å². The lowest BCUT2D eigenvalue weighted by Crippen LogP contribution is -2.30. The van der Waals surface area contributed by atoms with Crippen molar-refractivity contribution in [1.82, 2.24) is 9.55 Å². The average Bonchev–Trinajstić information content (AvgIpc) is 2.27. The van der Waals surface area contributed by atoms with Gasteiger partial charge in [-0.25, -0.2) is 4.98 Å². The molecule has 114 valence electrons. The summed E-state index contributed by atoms with van der Waals surface area (Å²) in [5.41, 5.74) is -0.0764. The van der Waals surface area contributed by atoms with Gasteiger partial charge in [-0.2, -0.15) is 0 Å². The fourth-order valence-electron chi connectivity index (χ4n) is 2.10. The smallest absolute Gasteiger partial charge is 0.293 e. The molecule has 0 radical (unpaired) electrons. The lowest BCUT2D eigenvalue weighted by atomic mass is 9.89. The van der Waals surface area contributed by atoms with Crippen molar-refractivity contribution in [2.75, 3.05) is 11.9 Å². The highest BCUT2D eigenvalue weighted by molar-refractivity contribution is 5.30. The summed E-state index contributed by atoms with van der Waals surface area (Å²) in [6.45, 7) is 11.4. The maximum atomic E-state index is 12.2. The van der Waals surface area contributed by atoms with Crippen LogP contribution in [0, 0.1) is 11.3 Å². The van der Waals surface area contributed by atoms with E-state index in [1.165, 1.54) is 0 Å². The van der Waals surface area contributed by atoms with Crippen molar-refractivity contribution in [1.29, 1.82) is 0 Å². The molecule has 0 fully saturated rings. The van der Waals surface area contributed by atoms with E-state index in [1.807, 2.05) is 0 Å². The highest BCUT2D eigenvalue weighted by Gasteiger charge is 2.17. The second-order valence-corrected chi connectivity index (χ2v) is 6.93. The maximum absolute atomic E-state index is 12.2. The quantitative estimate of drug-likeness (QED) is 0.838. The van der Waals surface area contributed by atoms with Gasteiger partial charge in [0.1, 0.15) is 0 Å². The van der Waals surface area contributed by atoms with E-state index < -0.39 is 6.10 Å². The van der Waals surface area contributed by atoms with Gasteiger partial charge in [0.25, 0.3) is 5.56 Å². The monoisotopic (exact) mass is 281 g/mol. The normalized spacial score (nSPS) is 13.6. The standard InChI is InChI=1S/C15H27N3O2/c1-11(2)10-18-7-6-16-13(14(18)20)17-9-12(19)8-15(3,4)5/h6-7,11-12,19H,8-10H2,1-5H3,(H,16,17). The predicted molar refractivity (Wildman–Crippen MR) is 81.9 cm³/mol. The van der Waals surface area contributed by atoms with E-state index in [0.717, 1.165) is 0 Å². The second-order valence-electron chi connectivity index (χ2n) is 6.93. The second kappa shape index (κ2) is 6.88. The summed E-state index contributed by atoms with van der Waals surface area (Å²) < 4.78 is 1.65. The summed E-state index contributed by atoms with van der Waals surface area (Å²) in [5.74, 6) is 0.704. The van der Waals surface area contributed by atoms with E-state index in [9.17, 15) is 9.90 Å². The van der Waals surface area contributed by atoms with E-state index in [4.69, 9.17) is 0 Å². The molecule has 0 spiro atoms. The molecule has 20 heavy (non-hydrogen) atoms. The summed E-state index contributed by atoms with van der Waals surface area (Å²) in [4.78, 5) is 16.2. The van der Waals surface area contributed by atoms with Crippen LogP contribution in [0.2, 0.25) is 0 Å². The third-order valence-corrected chi connectivity index (χ3v) is 2.83. The number of aromatic nitrogens is 2. The Morgan fingerprint density at radius 3 is 2.60 bits per heavy atom. The number of hydrogen-bond acceptors (Lipinski definition) is 4. The Morgan fingerprint density at radius 2 is 2.05 bits per heavy atom. The van der Waals surface area contributed by atoms with Gasteiger partial charge < -0.3 is 15.0 Å². The molecule has 0 saturated carbocycles. The Labute approximate surface area is 121 Å². The average molecular weight is 281 g/mol. The van der Waals surface area contributed by atoms with Crippen LogP contribution in [0.1, 0.15) is 41.0 Å². The van der Waals surface area contributed by atoms with Gasteiger partial charge in [-0.3, -0.25) is 4.79 Å². The first kappa shape index (κ1) is 16.7. The summed E-state index contributed by atoms with van der Waals surface area (Å²) in [5, 5.41) is 12.9. The zero-order valence-corrected chi connectivity index (χ0v) is 13.2. The Hall–Kier alpha value is -1.36. The van der Waals surface area contributed by atoms with Crippen LogP contribution in [0.25, 0.3) is 0 Å². The SMILES string of the molecule is CC(C)Cn1ccnc(NCC(O)CC(C)(C)C)c1=O. The van der Waals surface area contributed by atoms with Crippen molar-refractivity contribution in [3.8, 4) is 0 Å². The number of hydrogen-bond donors (Lipinski definition) is 2. The van der Waals surface area contributed by atoms with E-state index in [-0.39, 0.29) is 11.0 Å². The number of aliphatic hydroxyl groups excluding tert-OH is 1. The van der Waals surface area contributed by atoms with Crippen LogP contribution in [0.5, 0.6) is 0 Å². The fourth-order valence-corrected chi connectivity index (χ4v) is 2.10. The lowest BCUT2D eigenvalue weighted by molar-refractivity contribution is 0.132. The van der Waals surface area contributed by atoms with Gasteiger partial charge in [0, 0.05) is 25.5 Å². The summed E-state index contributed by atoms with van der Waals surface area (Å²) in [6, 6.07) is 0. The van der Waals surface area contributed by atoms with Crippen molar-refractivity contribution in [3.05, 3.63) is 22.7 Å². The number of anilines is 1. The van der Waals surface area contributed by atoms with Gasteiger partial charge in [0.05, 0.1) is 6.10 Å². The molecule has 0 amide bonds. The van der Waals surface area contributed by atoms with Gasteiger partial charge in [-0.1, -0.05) is 34.6 Å². The Kier molecular flexibility index (Phi) is 5.74. The Morgan fingerprint density at radius 1 is 1.40 bits per heavy atom. The van der Waals surface area contributed by atoms with Crippen molar-refractivity contribution >= 4 is 5.82 Å². The zero-order chi connectivity index (χ0) is 15.3. The van der Waals surface area contributed by atoms with Crippen LogP contribution in [0.15, 0.2) is 17.2 Å². The topological polar surface area (TPSA) is 67.2 Å². The largest absolute Gasteiger partial charge is 0.391 e. The van der Waals surface area contributed by atoms with Crippen molar-refractivity contribution in [3.63, 3.8) is 0 Å². The molecule has 1 unspecified atom stereocenters. The van der Waals surface area contributed by atoms with Crippen LogP contribution >= 0.6 is 0 Å². The molecule has 1 rings (SSSR count). The molecule has 0 saturated heterocycles. The third kappa shape index (κ3) is 5.74. The van der Waals surface area contributed by atoms with E-state index in [2.05, 4.69) is 44.9 Å². The minimum absolute atomic E-state index is 0.0586. The number of aliphatic hydroxyl groups is 1.